The van der Waals surface area contributed by atoms with Gasteiger partial charge in [0.1, 0.15) is 5.25 Å². The summed E-state index contributed by atoms with van der Waals surface area (Å²) < 4.78 is 74.7. The average molecular weight is 487 g/mol. The third-order valence-corrected chi connectivity index (χ3v) is 6.79. The molecule has 0 spiro atoms. The van der Waals surface area contributed by atoms with Crippen LogP contribution in [0.1, 0.15) is 33.7 Å². The lowest BCUT2D eigenvalue weighted by atomic mass is 10.1. The van der Waals surface area contributed by atoms with Gasteiger partial charge < -0.3 is 9.30 Å². The van der Waals surface area contributed by atoms with Crippen LogP contribution in [0.3, 0.4) is 0 Å². The van der Waals surface area contributed by atoms with Crippen LogP contribution >= 0.6 is 11.6 Å². The Morgan fingerprint density at radius 3 is 2.38 bits per heavy atom. The lowest BCUT2D eigenvalue weighted by Crippen LogP contribution is -2.21. The highest BCUT2D eigenvalue weighted by Gasteiger charge is 2.35. The van der Waals surface area contributed by atoms with Crippen LogP contribution in [0.5, 0.6) is 0 Å². The van der Waals surface area contributed by atoms with Crippen LogP contribution in [0.2, 0.25) is 5.02 Å². The third kappa shape index (κ3) is 4.91. The number of methoxy groups -OCH3 is 1. The van der Waals surface area contributed by atoms with E-state index < -0.39 is 38.0 Å². The number of carbonyl (C=O) groups is 1. The molecule has 1 unspecified atom stereocenters. The number of aromatic nitrogens is 1. The van der Waals surface area contributed by atoms with Gasteiger partial charge in [-0.25, -0.2) is 13.2 Å². The molecule has 0 saturated heterocycles. The van der Waals surface area contributed by atoms with Crippen LogP contribution in [0, 0.1) is 0 Å². The number of hydrogen-bond donors (Lipinski definition) is 1. The quantitative estimate of drug-likeness (QED) is 0.471. The number of rotatable bonds is 6. The molecule has 3 aromatic rings. The van der Waals surface area contributed by atoms with E-state index in [-0.39, 0.29) is 22.5 Å². The van der Waals surface area contributed by atoms with Crippen molar-refractivity contribution in [1.82, 2.24) is 4.57 Å². The summed E-state index contributed by atoms with van der Waals surface area (Å²) in [7, 11) is -3.04. The molecule has 0 amide bonds. The zero-order chi connectivity index (χ0) is 23.7. The van der Waals surface area contributed by atoms with Gasteiger partial charge in [0, 0.05) is 12.4 Å². The van der Waals surface area contributed by atoms with Crippen molar-refractivity contribution in [1.29, 1.82) is 0 Å². The zero-order valence-electron chi connectivity index (χ0n) is 16.9. The van der Waals surface area contributed by atoms with E-state index in [1.165, 1.54) is 42.9 Å². The van der Waals surface area contributed by atoms with Crippen molar-refractivity contribution >= 4 is 33.3 Å². The summed E-state index contributed by atoms with van der Waals surface area (Å²) >= 11 is 5.84. The second-order valence-electron chi connectivity index (χ2n) is 6.84. The minimum absolute atomic E-state index is 0.118. The summed E-state index contributed by atoms with van der Waals surface area (Å²) in [5.41, 5.74) is -0.951. The van der Waals surface area contributed by atoms with Gasteiger partial charge in [-0.05, 0) is 48.9 Å². The first-order chi connectivity index (χ1) is 14.9. The molecule has 6 nitrogen and oxygen atoms in total. The first-order valence-electron chi connectivity index (χ1n) is 9.18. The van der Waals surface area contributed by atoms with Crippen LogP contribution in [0.4, 0.5) is 18.9 Å². The van der Waals surface area contributed by atoms with Gasteiger partial charge >= 0.3 is 12.1 Å². The minimum atomic E-state index is -4.78. The van der Waals surface area contributed by atoms with Gasteiger partial charge in [0.2, 0.25) is 10.0 Å². The number of sulfonamides is 1. The fourth-order valence-corrected chi connectivity index (χ4v) is 4.44. The molecular weight excluding hydrogens is 469 g/mol. The van der Waals surface area contributed by atoms with Crippen molar-refractivity contribution < 1.29 is 31.1 Å². The molecule has 1 aromatic heterocycles. The Hall–Kier alpha value is -2.98. The monoisotopic (exact) mass is 486 g/mol. The Morgan fingerprint density at radius 1 is 1.12 bits per heavy atom. The van der Waals surface area contributed by atoms with Gasteiger partial charge in [-0.15, -0.1) is 0 Å². The van der Waals surface area contributed by atoms with Crippen LogP contribution in [0.15, 0.2) is 60.9 Å². The Kier molecular flexibility index (Phi) is 6.56. The maximum atomic E-state index is 13.4. The van der Waals surface area contributed by atoms with Gasteiger partial charge in [-0.2, -0.15) is 13.2 Å². The number of carbonyl (C=O) groups excluding carboxylic acids is 1. The van der Waals surface area contributed by atoms with E-state index in [1.807, 2.05) is 0 Å². The molecule has 0 aliphatic carbocycles. The first kappa shape index (κ1) is 23.7. The maximum absolute atomic E-state index is 13.4. The lowest BCUT2D eigenvalue weighted by molar-refractivity contribution is -0.137. The van der Waals surface area contributed by atoms with Gasteiger partial charge in [-0.3, -0.25) is 4.72 Å². The van der Waals surface area contributed by atoms with Gasteiger partial charge in [0.15, 0.2) is 0 Å². The van der Waals surface area contributed by atoms with Crippen LogP contribution in [-0.4, -0.2) is 26.1 Å². The number of benzene rings is 2. The summed E-state index contributed by atoms with van der Waals surface area (Å²) in [4.78, 5) is 11.8. The summed E-state index contributed by atoms with van der Waals surface area (Å²) in [5.74, 6) is -0.646. The smallest absolute Gasteiger partial charge is 0.417 e. The molecule has 0 saturated carbocycles. The maximum Gasteiger partial charge on any atom is 0.417 e. The number of nitrogens with zero attached hydrogens (tertiary/aromatic N) is 1. The summed E-state index contributed by atoms with van der Waals surface area (Å²) in [6.45, 7) is 1.36. The molecule has 1 atom stereocenters. The molecule has 170 valence electrons. The van der Waals surface area contributed by atoms with Crippen molar-refractivity contribution in [3.63, 3.8) is 0 Å². The van der Waals surface area contributed by atoms with E-state index in [1.54, 1.807) is 24.5 Å². The molecule has 0 radical (unpaired) electrons. The number of ether oxygens (including phenoxy) is 1. The molecule has 0 aliphatic heterocycles. The Bertz CT molecular complexity index is 1240. The van der Waals surface area contributed by atoms with Gasteiger partial charge in [0.25, 0.3) is 0 Å². The average Bonchev–Trinajstić information content (AvgIpc) is 3.27. The molecule has 11 heteroatoms. The Morgan fingerprint density at radius 2 is 1.78 bits per heavy atom. The summed E-state index contributed by atoms with van der Waals surface area (Å²) in [6.07, 6.45) is -1.70. The standard InChI is InChI=1S/C21H18ClF3N2O4S/c1-13(14-6-5-7-15(10-14)20(28)31-2)32(29,30)26-18-11-16(21(23,24)25)17(22)12-19(18)27-8-3-4-9-27/h3-13,26H,1-2H3. The van der Waals surface area contributed by atoms with E-state index in [4.69, 9.17) is 11.6 Å². The molecule has 3 rings (SSSR count). The van der Waals surface area contributed by atoms with E-state index in [0.29, 0.717) is 6.07 Å². The molecular formula is C21H18ClF3N2O4S. The van der Waals surface area contributed by atoms with Crippen LogP contribution in [-0.2, 0) is 20.9 Å². The van der Waals surface area contributed by atoms with E-state index in [9.17, 15) is 26.4 Å². The van der Waals surface area contributed by atoms with E-state index in [0.717, 1.165) is 6.07 Å². The van der Waals surface area contributed by atoms with Crippen molar-refractivity contribution in [3.8, 4) is 5.69 Å². The third-order valence-electron chi connectivity index (χ3n) is 4.77. The van der Waals surface area contributed by atoms with E-state index in [2.05, 4.69) is 9.46 Å². The fraction of sp³-hybridized carbons (Fsp3) is 0.190. The largest absolute Gasteiger partial charge is 0.465 e. The second kappa shape index (κ2) is 8.87. The number of halogens is 4. The number of esters is 1. The molecule has 0 bridgehead atoms. The van der Waals surface area contributed by atoms with Crippen molar-refractivity contribution in [3.05, 3.63) is 82.6 Å². The Balaban J connectivity index is 2.05. The second-order valence-corrected chi connectivity index (χ2v) is 9.25. The molecule has 0 aliphatic rings. The number of alkyl halides is 3. The highest BCUT2D eigenvalue weighted by molar-refractivity contribution is 7.92. The molecule has 1 N–H and O–H groups in total. The van der Waals surface area contributed by atoms with Crippen molar-refractivity contribution in [2.75, 3.05) is 11.8 Å². The molecule has 32 heavy (non-hydrogen) atoms. The minimum Gasteiger partial charge on any atom is -0.465 e. The number of nitrogens with one attached hydrogen (secondary N) is 1. The highest BCUT2D eigenvalue weighted by atomic mass is 35.5. The fourth-order valence-electron chi connectivity index (χ4n) is 3.03. The van der Waals surface area contributed by atoms with Crippen LogP contribution in [0.25, 0.3) is 5.69 Å². The zero-order valence-corrected chi connectivity index (χ0v) is 18.4. The molecule has 0 fully saturated rings. The van der Waals surface area contributed by atoms with Crippen molar-refractivity contribution in [2.45, 2.75) is 18.3 Å². The van der Waals surface area contributed by atoms with Crippen molar-refractivity contribution in [2.24, 2.45) is 0 Å². The number of anilines is 1. The predicted octanol–water partition coefficient (Wildman–Crippen LogP) is 5.44. The summed E-state index contributed by atoms with van der Waals surface area (Å²) in [6, 6.07) is 10.8. The highest BCUT2D eigenvalue weighted by Crippen LogP contribution is 2.40. The first-order valence-corrected chi connectivity index (χ1v) is 11.1. The topological polar surface area (TPSA) is 77.4 Å². The van der Waals surface area contributed by atoms with Gasteiger partial charge in [-0.1, -0.05) is 23.7 Å². The SMILES string of the molecule is COC(=O)c1cccc(C(C)S(=O)(=O)Nc2cc(C(F)(F)F)c(Cl)cc2-n2cccc2)c1. The lowest BCUT2D eigenvalue weighted by Gasteiger charge is -2.20. The normalized spacial score (nSPS) is 12.9. The molecule has 1 heterocycles. The van der Waals surface area contributed by atoms with Crippen LogP contribution < -0.4 is 4.72 Å². The van der Waals surface area contributed by atoms with Gasteiger partial charge in [0.05, 0.1) is 34.6 Å². The van der Waals surface area contributed by atoms with E-state index >= 15 is 0 Å². The number of hydrogen-bond acceptors (Lipinski definition) is 4. The summed E-state index contributed by atoms with van der Waals surface area (Å²) in [5, 5.41) is -1.77. The molecule has 2 aromatic carbocycles. The predicted molar refractivity (Wildman–Crippen MR) is 115 cm³/mol. The Labute approximate surface area is 187 Å².